The molecule has 0 atom stereocenters. The lowest BCUT2D eigenvalue weighted by molar-refractivity contribution is 0.0996. The van der Waals surface area contributed by atoms with Gasteiger partial charge < -0.3 is 14.9 Å². The molecule has 0 saturated carbocycles. The second kappa shape index (κ2) is 5.72. The predicted octanol–water partition coefficient (Wildman–Crippen LogP) is 2.51. The maximum Gasteiger partial charge on any atom is 0.252 e. The minimum Gasteiger partial charge on any atom is -0.492 e. The summed E-state index contributed by atoms with van der Waals surface area (Å²) in [5.41, 5.74) is 9.80. The molecule has 2 aromatic heterocycles. The van der Waals surface area contributed by atoms with Gasteiger partial charge >= 0.3 is 0 Å². The highest BCUT2D eigenvalue weighted by molar-refractivity contribution is 5.98. The molecule has 2 N–H and O–H groups in total. The molecular weight excluding hydrogens is 292 g/mol. The third kappa shape index (κ3) is 2.63. The van der Waals surface area contributed by atoms with E-state index in [0.29, 0.717) is 23.6 Å². The van der Waals surface area contributed by atoms with Gasteiger partial charge in [-0.25, -0.2) is 9.97 Å². The molecule has 0 fully saturated rings. The highest BCUT2D eigenvalue weighted by Crippen LogP contribution is 2.32. The van der Waals surface area contributed by atoms with E-state index in [0.717, 1.165) is 22.6 Å². The second-order valence-electron chi connectivity index (χ2n) is 5.30. The van der Waals surface area contributed by atoms with Gasteiger partial charge in [0.25, 0.3) is 5.91 Å². The second-order valence-corrected chi connectivity index (χ2v) is 5.30. The molecule has 6 heteroatoms. The molecule has 1 amide bonds. The maximum atomic E-state index is 11.7. The van der Waals surface area contributed by atoms with Gasteiger partial charge in [0, 0.05) is 18.0 Å². The van der Waals surface area contributed by atoms with Crippen molar-refractivity contribution >= 4 is 11.6 Å². The van der Waals surface area contributed by atoms with Crippen molar-refractivity contribution in [3.05, 3.63) is 47.5 Å². The summed E-state index contributed by atoms with van der Waals surface area (Å²) < 4.78 is 7.61. The SMILES string of the molecule is CCOc1c(C(N)=O)cccc1-c1cn2cc(C)nc2c(C)n1. The lowest BCUT2D eigenvalue weighted by atomic mass is 10.1. The third-order valence-electron chi connectivity index (χ3n) is 3.57. The number of carbonyl (C=O) groups excluding carboxylic acids is 1. The van der Waals surface area contributed by atoms with Gasteiger partial charge in [0.2, 0.25) is 0 Å². The van der Waals surface area contributed by atoms with Crippen LogP contribution in [0.15, 0.2) is 30.6 Å². The van der Waals surface area contributed by atoms with Crippen molar-refractivity contribution in [2.24, 2.45) is 5.73 Å². The number of benzene rings is 1. The Morgan fingerprint density at radius 1 is 1.26 bits per heavy atom. The molecule has 6 nitrogen and oxygen atoms in total. The zero-order valence-electron chi connectivity index (χ0n) is 13.3. The van der Waals surface area contributed by atoms with Crippen LogP contribution in [0.5, 0.6) is 5.75 Å². The van der Waals surface area contributed by atoms with Crippen molar-refractivity contribution in [2.75, 3.05) is 6.61 Å². The molecule has 0 spiro atoms. The number of nitrogens with two attached hydrogens (primary N) is 1. The van der Waals surface area contributed by atoms with Gasteiger partial charge in [-0.3, -0.25) is 4.79 Å². The van der Waals surface area contributed by atoms with Crippen molar-refractivity contribution < 1.29 is 9.53 Å². The summed E-state index contributed by atoms with van der Waals surface area (Å²) >= 11 is 0. The number of rotatable bonds is 4. The fourth-order valence-corrected chi connectivity index (χ4v) is 2.64. The van der Waals surface area contributed by atoms with E-state index in [-0.39, 0.29) is 0 Å². The van der Waals surface area contributed by atoms with Crippen molar-refractivity contribution in [1.82, 2.24) is 14.4 Å². The largest absolute Gasteiger partial charge is 0.492 e. The smallest absolute Gasteiger partial charge is 0.252 e. The molecule has 0 bridgehead atoms. The van der Waals surface area contributed by atoms with Gasteiger partial charge in [0.15, 0.2) is 5.65 Å². The van der Waals surface area contributed by atoms with Crippen molar-refractivity contribution in [3.8, 4) is 17.0 Å². The number of aromatic nitrogens is 3. The minimum atomic E-state index is -0.522. The highest BCUT2D eigenvalue weighted by Gasteiger charge is 2.17. The zero-order valence-corrected chi connectivity index (χ0v) is 13.3. The van der Waals surface area contributed by atoms with Crippen LogP contribution in [0.25, 0.3) is 16.9 Å². The van der Waals surface area contributed by atoms with Crippen LogP contribution in [-0.2, 0) is 0 Å². The van der Waals surface area contributed by atoms with E-state index in [1.165, 1.54) is 0 Å². The first kappa shape index (κ1) is 15.0. The summed E-state index contributed by atoms with van der Waals surface area (Å²) in [6, 6.07) is 5.30. The van der Waals surface area contributed by atoms with Gasteiger partial charge in [0.1, 0.15) is 5.75 Å². The van der Waals surface area contributed by atoms with E-state index in [4.69, 9.17) is 10.5 Å². The molecule has 23 heavy (non-hydrogen) atoms. The summed E-state index contributed by atoms with van der Waals surface area (Å²) in [4.78, 5) is 20.7. The third-order valence-corrected chi connectivity index (χ3v) is 3.57. The Bertz CT molecular complexity index is 899. The number of hydrogen-bond donors (Lipinski definition) is 1. The van der Waals surface area contributed by atoms with E-state index in [9.17, 15) is 4.79 Å². The fourth-order valence-electron chi connectivity index (χ4n) is 2.64. The summed E-state index contributed by atoms with van der Waals surface area (Å²) in [6.45, 7) is 6.14. The van der Waals surface area contributed by atoms with Crippen LogP contribution in [0.3, 0.4) is 0 Å². The van der Waals surface area contributed by atoms with Crippen LogP contribution < -0.4 is 10.5 Å². The van der Waals surface area contributed by atoms with E-state index < -0.39 is 5.91 Å². The maximum absolute atomic E-state index is 11.7. The standard InChI is InChI=1S/C17H18N4O2/c1-4-23-15-12(6-5-7-13(15)16(18)22)14-9-21-8-10(2)19-17(21)11(3)20-14/h5-9H,4H2,1-3H3,(H2,18,22). The molecule has 0 radical (unpaired) electrons. The van der Waals surface area contributed by atoms with Crippen LogP contribution in [0, 0.1) is 13.8 Å². The first-order chi connectivity index (χ1) is 11.0. The number of primary amides is 1. The number of aryl methyl sites for hydroxylation is 2. The Morgan fingerprint density at radius 2 is 2.04 bits per heavy atom. The number of amides is 1. The number of carbonyl (C=O) groups is 1. The zero-order chi connectivity index (χ0) is 16.6. The first-order valence-electron chi connectivity index (χ1n) is 7.40. The Morgan fingerprint density at radius 3 is 2.74 bits per heavy atom. The van der Waals surface area contributed by atoms with Crippen LogP contribution in [0.1, 0.15) is 28.7 Å². The van der Waals surface area contributed by atoms with Gasteiger partial charge in [-0.15, -0.1) is 0 Å². The predicted molar refractivity (Wildman–Crippen MR) is 87.6 cm³/mol. The van der Waals surface area contributed by atoms with Gasteiger partial charge in [-0.1, -0.05) is 6.07 Å². The van der Waals surface area contributed by atoms with Crippen LogP contribution in [0.2, 0.25) is 0 Å². The summed E-state index contributed by atoms with van der Waals surface area (Å²) in [5, 5.41) is 0. The van der Waals surface area contributed by atoms with Crippen molar-refractivity contribution in [2.45, 2.75) is 20.8 Å². The van der Waals surface area contributed by atoms with Crippen LogP contribution in [0.4, 0.5) is 0 Å². The van der Waals surface area contributed by atoms with E-state index in [2.05, 4.69) is 9.97 Å². The Balaban J connectivity index is 2.25. The van der Waals surface area contributed by atoms with E-state index in [1.54, 1.807) is 12.1 Å². The molecule has 0 aliphatic carbocycles. The fraction of sp³-hybridized carbons (Fsp3) is 0.235. The average Bonchev–Trinajstić information content (AvgIpc) is 2.88. The number of fused-ring (bicyclic) bond motifs is 1. The summed E-state index contributed by atoms with van der Waals surface area (Å²) in [5.74, 6) is -0.0582. The van der Waals surface area contributed by atoms with Gasteiger partial charge in [-0.05, 0) is 32.9 Å². The number of hydrogen-bond acceptors (Lipinski definition) is 4. The molecule has 2 heterocycles. The summed E-state index contributed by atoms with van der Waals surface area (Å²) in [6.07, 6.45) is 3.82. The molecule has 3 rings (SSSR count). The lowest BCUT2D eigenvalue weighted by Gasteiger charge is -2.13. The highest BCUT2D eigenvalue weighted by atomic mass is 16.5. The molecule has 0 aliphatic heterocycles. The topological polar surface area (TPSA) is 82.5 Å². The van der Waals surface area contributed by atoms with Gasteiger partial charge in [0.05, 0.1) is 29.3 Å². The van der Waals surface area contributed by atoms with Crippen LogP contribution in [-0.4, -0.2) is 26.9 Å². The molecule has 0 aliphatic rings. The van der Waals surface area contributed by atoms with Crippen molar-refractivity contribution in [1.29, 1.82) is 0 Å². The quantitative estimate of drug-likeness (QED) is 0.802. The number of nitrogens with zero attached hydrogens (tertiary/aromatic N) is 3. The monoisotopic (exact) mass is 310 g/mol. The molecule has 1 aromatic carbocycles. The van der Waals surface area contributed by atoms with E-state index >= 15 is 0 Å². The molecule has 0 unspecified atom stereocenters. The minimum absolute atomic E-state index is 0.353. The van der Waals surface area contributed by atoms with Crippen molar-refractivity contribution in [3.63, 3.8) is 0 Å². The molecule has 0 saturated heterocycles. The Hall–Kier alpha value is -2.89. The average molecular weight is 310 g/mol. The summed E-state index contributed by atoms with van der Waals surface area (Å²) in [7, 11) is 0. The normalized spacial score (nSPS) is 10.9. The Kier molecular flexibility index (Phi) is 3.73. The van der Waals surface area contributed by atoms with E-state index in [1.807, 2.05) is 43.6 Å². The number of ether oxygens (including phenoxy) is 1. The molecule has 3 aromatic rings. The lowest BCUT2D eigenvalue weighted by Crippen LogP contribution is -2.13. The molecule has 118 valence electrons. The van der Waals surface area contributed by atoms with Crippen LogP contribution >= 0.6 is 0 Å². The Labute approximate surface area is 133 Å². The number of para-hydroxylation sites is 1. The first-order valence-corrected chi connectivity index (χ1v) is 7.40. The molecular formula is C17H18N4O2. The number of imidazole rings is 1. The van der Waals surface area contributed by atoms with Gasteiger partial charge in [-0.2, -0.15) is 0 Å².